The second kappa shape index (κ2) is 16.2. The van der Waals surface area contributed by atoms with E-state index >= 15 is 0 Å². The SMILES string of the molecule is Cc1cc(C)c([N-]Cc2cccc(C3[CH-]CCC3)n2)c(C)c1.[CH2-]c1ccccc1.[CH2-]c1ccccc1.[Zr+4]. The van der Waals surface area contributed by atoms with Crippen molar-refractivity contribution in [3.63, 3.8) is 0 Å². The van der Waals surface area contributed by atoms with Crippen molar-refractivity contribution in [1.82, 2.24) is 4.98 Å². The monoisotopic (exact) mass is 564 g/mol. The standard InChI is InChI=1S/C20H24N2.2C7H7.Zr/c1-14-11-15(2)20(16(3)12-14)21-13-18-9-6-10-19(22-18)17-7-4-5-8-17;2*1-7-5-3-2-4-6-7;/h6-7,9-12,17H,4-5,8,13H2,1-3H3;2*2-6H,1H2;/q-2;2*-1;+4. The molecule has 3 aromatic carbocycles. The maximum absolute atomic E-state index is 4.82. The van der Waals surface area contributed by atoms with Gasteiger partial charge in [-0.3, -0.25) is 4.98 Å². The molecular weight excluding hydrogens is 528 g/mol. The molecule has 1 heterocycles. The van der Waals surface area contributed by atoms with Crippen molar-refractivity contribution in [3.8, 4) is 0 Å². The fraction of sp³-hybridized carbons (Fsp3) is 0.235. The average molecular weight is 566 g/mol. The average Bonchev–Trinajstić information content (AvgIpc) is 3.41. The molecule has 0 spiro atoms. The number of aromatic nitrogens is 1. The zero-order chi connectivity index (χ0) is 25.8. The van der Waals surface area contributed by atoms with Crippen molar-refractivity contribution in [3.05, 3.63) is 156 Å². The molecule has 0 bridgehead atoms. The van der Waals surface area contributed by atoms with Crippen LogP contribution >= 0.6 is 0 Å². The first-order valence-corrected chi connectivity index (χ1v) is 12.7. The summed E-state index contributed by atoms with van der Waals surface area (Å²) in [5, 5.41) is 4.81. The predicted octanol–water partition coefficient (Wildman–Crippen LogP) is 9.42. The molecule has 0 radical (unpaired) electrons. The smallest absolute Gasteiger partial charge is 0.679 e. The quantitative estimate of drug-likeness (QED) is 0.226. The molecule has 1 saturated carbocycles. The van der Waals surface area contributed by atoms with Gasteiger partial charge in [0.05, 0.1) is 0 Å². The van der Waals surface area contributed by atoms with E-state index in [9.17, 15) is 0 Å². The fourth-order valence-electron chi connectivity index (χ4n) is 4.37. The maximum atomic E-state index is 4.82. The number of rotatable bonds is 4. The van der Waals surface area contributed by atoms with E-state index < -0.39 is 0 Å². The first kappa shape index (κ1) is 30.5. The Labute approximate surface area is 244 Å². The van der Waals surface area contributed by atoms with E-state index in [-0.39, 0.29) is 26.2 Å². The van der Waals surface area contributed by atoms with Gasteiger partial charge in [-0.2, -0.15) is 55.7 Å². The number of nitrogens with zero attached hydrogens (tertiary/aromatic N) is 2. The normalized spacial score (nSPS) is 13.8. The second-order valence-electron chi connectivity index (χ2n) is 9.36. The van der Waals surface area contributed by atoms with Gasteiger partial charge in [-0.15, -0.1) is 35.9 Å². The Hall–Kier alpha value is -2.77. The Morgan fingerprint density at radius 1 is 0.811 bits per heavy atom. The van der Waals surface area contributed by atoms with Crippen LogP contribution < -0.4 is 0 Å². The summed E-state index contributed by atoms with van der Waals surface area (Å²) in [4.78, 5) is 4.82. The van der Waals surface area contributed by atoms with Crippen LogP contribution in [0.25, 0.3) is 5.32 Å². The molecule has 4 aromatic rings. The Kier molecular flexibility index (Phi) is 13.3. The maximum Gasteiger partial charge on any atom is 4.00 e. The van der Waals surface area contributed by atoms with E-state index in [1.807, 2.05) is 60.7 Å². The largest absolute Gasteiger partial charge is 4.00 e. The minimum absolute atomic E-state index is 0. The van der Waals surface area contributed by atoms with Crippen molar-refractivity contribution in [1.29, 1.82) is 0 Å². The minimum atomic E-state index is 0. The van der Waals surface area contributed by atoms with Crippen LogP contribution in [0.15, 0.2) is 91.0 Å². The zero-order valence-electron chi connectivity index (χ0n) is 22.5. The van der Waals surface area contributed by atoms with Gasteiger partial charge < -0.3 is 11.7 Å². The molecule has 1 aliphatic carbocycles. The molecule has 0 amide bonds. The van der Waals surface area contributed by atoms with Crippen molar-refractivity contribution < 1.29 is 26.2 Å². The van der Waals surface area contributed by atoms with Gasteiger partial charge >= 0.3 is 26.2 Å². The van der Waals surface area contributed by atoms with Gasteiger partial charge in [0.2, 0.25) is 0 Å². The topological polar surface area (TPSA) is 27.0 Å². The third-order valence-corrected chi connectivity index (χ3v) is 6.10. The first-order chi connectivity index (χ1) is 17.4. The molecule has 3 heteroatoms. The summed E-state index contributed by atoms with van der Waals surface area (Å²) in [5.74, 6) is 0.544. The summed E-state index contributed by atoms with van der Waals surface area (Å²) < 4.78 is 0. The van der Waals surface area contributed by atoms with Gasteiger partial charge in [-0.25, -0.2) is 0 Å². The van der Waals surface area contributed by atoms with Crippen LogP contribution in [-0.4, -0.2) is 4.98 Å². The summed E-state index contributed by atoms with van der Waals surface area (Å²) in [6.45, 7) is 14.5. The number of pyridine rings is 1. The molecule has 2 nitrogen and oxygen atoms in total. The molecule has 1 atom stereocenters. The van der Waals surface area contributed by atoms with E-state index in [0.717, 1.165) is 22.5 Å². The summed E-state index contributed by atoms with van der Waals surface area (Å²) in [7, 11) is 0. The van der Waals surface area contributed by atoms with Gasteiger partial charge in [-0.05, 0) is 32.9 Å². The van der Waals surface area contributed by atoms with Crippen LogP contribution in [0, 0.1) is 41.0 Å². The third-order valence-electron chi connectivity index (χ3n) is 6.10. The molecule has 0 N–H and O–H groups in total. The number of benzene rings is 3. The van der Waals surface area contributed by atoms with Gasteiger partial charge in [0.15, 0.2) is 0 Å². The predicted molar refractivity (Wildman–Crippen MR) is 154 cm³/mol. The van der Waals surface area contributed by atoms with Gasteiger partial charge in [0.1, 0.15) is 0 Å². The molecular formula is C34H38N2Zr. The van der Waals surface area contributed by atoms with Crippen molar-refractivity contribution in [2.24, 2.45) is 0 Å². The Bertz CT molecular complexity index is 1120. The summed E-state index contributed by atoms with van der Waals surface area (Å²) in [6.07, 6.45) is 6.16. The van der Waals surface area contributed by atoms with Crippen LogP contribution in [-0.2, 0) is 32.7 Å². The van der Waals surface area contributed by atoms with Crippen molar-refractivity contribution in [2.75, 3.05) is 0 Å². The van der Waals surface area contributed by atoms with Gasteiger partial charge in [0.25, 0.3) is 0 Å². The first-order valence-electron chi connectivity index (χ1n) is 12.7. The summed E-state index contributed by atoms with van der Waals surface area (Å²) in [5.41, 5.74) is 9.33. The number of aryl methyl sites for hydroxylation is 3. The molecule has 1 aromatic heterocycles. The molecule has 188 valence electrons. The van der Waals surface area contributed by atoms with Crippen LogP contribution in [0.4, 0.5) is 5.69 Å². The van der Waals surface area contributed by atoms with Crippen molar-refractivity contribution in [2.45, 2.75) is 52.5 Å². The molecule has 5 rings (SSSR count). The van der Waals surface area contributed by atoms with Crippen LogP contribution in [0.2, 0.25) is 0 Å². The molecule has 0 aliphatic heterocycles. The summed E-state index contributed by atoms with van der Waals surface area (Å²) >= 11 is 0. The Balaban J connectivity index is 0.000000262. The van der Waals surface area contributed by atoms with Gasteiger partial charge in [0, 0.05) is 11.4 Å². The fourth-order valence-corrected chi connectivity index (χ4v) is 4.37. The number of hydrogen-bond donors (Lipinski definition) is 0. The molecule has 0 saturated heterocycles. The van der Waals surface area contributed by atoms with Crippen LogP contribution in [0.1, 0.15) is 64.4 Å². The second-order valence-corrected chi connectivity index (χ2v) is 9.36. The van der Waals surface area contributed by atoms with Crippen LogP contribution in [0.3, 0.4) is 0 Å². The van der Waals surface area contributed by atoms with E-state index in [1.54, 1.807) is 0 Å². The Morgan fingerprint density at radius 3 is 1.84 bits per heavy atom. The number of hydrogen-bond acceptors (Lipinski definition) is 1. The van der Waals surface area contributed by atoms with E-state index in [0.29, 0.717) is 12.5 Å². The zero-order valence-corrected chi connectivity index (χ0v) is 24.9. The third kappa shape index (κ3) is 10.6. The van der Waals surface area contributed by atoms with E-state index in [1.165, 1.54) is 41.6 Å². The van der Waals surface area contributed by atoms with E-state index in [2.05, 4.69) is 71.4 Å². The van der Waals surface area contributed by atoms with Crippen molar-refractivity contribution >= 4 is 5.69 Å². The van der Waals surface area contributed by atoms with E-state index in [4.69, 9.17) is 10.3 Å². The minimum Gasteiger partial charge on any atom is -0.679 e. The van der Waals surface area contributed by atoms with Gasteiger partial charge in [-0.1, -0.05) is 66.4 Å². The molecule has 1 fully saturated rings. The molecule has 1 unspecified atom stereocenters. The Morgan fingerprint density at radius 2 is 1.38 bits per heavy atom. The van der Waals surface area contributed by atoms with Crippen LogP contribution in [0.5, 0.6) is 0 Å². The molecule has 37 heavy (non-hydrogen) atoms. The summed E-state index contributed by atoms with van der Waals surface area (Å²) in [6, 6.07) is 30.5. The molecule has 1 aliphatic rings.